The first-order valence-electron chi connectivity index (χ1n) is 10.4. The smallest absolute Gasteiger partial charge is 0.292 e. The average Bonchev–Trinajstić information content (AvgIpc) is 2.80. The number of nitrogens with zero attached hydrogens (tertiary/aromatic N) is 3. The SMILES string of the molecule is O=C(CN1CCN(c2ccccc2[N+](=O)[O-])CC1)Nc1cccc(Oc2ccccc2)c1. The topological polar surface area (TPSA) is 88.0 Å². The van der Waals surface area contributed by atoms with Crippen molar-refractivity contribution in [3.63, 3.8) is 0 Å². The van der Waals surface area contributed by atoms with Crippen molar-refractivity contribution in [2.45, 2.75) is 0 Å². The van der Waals surface area contributed by atoms with E-state index >= 15 is 0 Å². The molecule has 1 saturated heterocycles. The molecule has 1 N–H and O–H groups in total. The fourth-order valence-electron chi connectivity index (χ4n) is 3.70. The van der Waals surface area contributed by atoms with Crippen molar-refractivity contribution in [3.8, 4) is 11.5 Å². The van der Waals surface area contributed by atoms with E-state index in [0.717, 1.165) is 5.75 Å². The molecule has 0 radical (unpaired) electrons. The number of ether oxygens (including phenoxy) is 1. The van der Waals surface area contributed by atoms with Crippen LogP contribution in [-0.4, -0.2) is 48.5 Å². The third kappa shape index (κ3) is 5.41. The second-order valence-corrected chi connectivity index (χ2v) is 7.50. The highest BCUT2D eigenvalue weighted by Gasteiger charge is 2.24. The van der Waals surface area contributed by atoms with Gasteiger partial charge in [0, 0.05) is 44.0 Å². The Morgan fingerprint density at radius 1 is 0.906 bits per heavy atom. The molecule has 0 saturated carbocycles. The fraction of sp³-hybridized carbons (Fsp3) is 0.208. The first-order chi connectivity index (χ1) is 15.6. The molecule has 164 valence electrons. The van der Waals surface area contributed by atoms with Gasteiger partial charge >= 0.3 is 0 Å². The lowest BCUT2D eigenvalue weighted by atomic mass is 10.2. The molecule has 0 bridgehead atoms. The molecule has 0 spiro atoms. The first-order valence-corrected chi connectivity index (χ1v) is 10.4. The number of nitro groups is 1. The Hall–Kier alpha value is -3.91. The van der Waals surface area contributed by atoms with Gasteiger partial charge in [-0.3, -0.25) is 19.8 Å². The number of para-hydroxylation sites is 3. The summed E-state index contributed by atoms with van der Waals surface area (Å²) in [6, 6.07) is 23.5. The van der Waals surface area contributed by atoms with E-state index in [-0.39, 0.29) is 23.1 Å². The lowest BCUT2D eigenvalue weighted by Crippen LogP contribution is -2.48. The number of benzene rings is 3. The molecule has 0 unspecified atom stereocenters. The highest BCUT2D eigenvalue weighted by atomic mass is 16.6. The second kappa shape index (κ2) is 9.93. The molecule has 3 aromatic rings. The normalized spacial score (nSPS) is 14.1. The zero-order valence-corrected chi connectivity index (χ0v) is 17.5. The van der Waals surface area contributed by atoms with Crippen molar-refractivity contribution in [1.82, 2.24) is 4.90 Å². The number of amides is 1. The van der Waals surface area contributed by atoms with Crippen LogP contribution < -0.4 is 15.0 Å². The summed E-state index contributed by atoms with van der Waals surface area (Å²) >= 11 is 0. The number of hydrogen-bond donors (Lipinski definition) is 1. The highest BCUT2D eigenvalue weighted by molar-refractivity contribution is 5.92. The van der Waals surface area contributed by atoms with Crippen LogP contribution in [0.5, 0.6) is 11.5 Å². The van der Waals surface area contributed by atoms with Gasteiger partial charge in [0.15, 0.2) is 0 Å². The molecule has 1 aliphatic heterocycles. The molecule has 1 aliphatic rings. The van der Waals surface area contributed by atoms with Gasteiger partial charge in [-0.2, -0.15) is 0 Å². The summed E-state index contributed by atoms with van der Waals surface area (Å²) in [4.78, 5) is 27.5. The molecule has 1 fully saturated rings. The van der Waals surface area contributed by atoms with Crippen LogP contribution in [0.1, 0.15) is 0 Å². The van der Waals surface area contributed by atoms with E-state index in [1.54, 1.807) is 24.3 Å². The molecule has 8 heteroatoms. The lowest BCUT2D eigenvalue weighted by molar-refractivity contribution is -0.384. The molecule has 1 heterocycles. The third-order valence-corrected chi connectivity index (χ3v) is 5.26. The van der Waals surface area contributed by atoms with E-state index in [0.29, 0.717) is 43.3 Å². The fourth-order valence-corrected chi connectivity index (χ4v) is 3.70. The molecule has 4 rings (SSSR count). The minimum absolute atomic E-state index is 0.108. The standard InChI is InChI=1S/C24H24N4O4/c29-24(25-19-7-6-10-21(17-19)32-20-8-2-1-3-9-20)18-26-13-15-27(16-14-26)22-11-4-5-12-23(22)28(30)31/h1-12,17H,13-16,18H2,(H,25,29). The Balaban J connectivity index is 1.30. The van der Waals surface area contributed by atoms with Crippen LogP contribution in [0, 0.1) is 10.1 Å². The van der Waals surface area contributed by atoms with Gasteiger partial charge in [0.25, 0.3) is 5.69 Å². The number of nitrogens with one attached hydrogen (secondary N) is 1. The molecule has 8 nitrogen and oxygen atoms in total. The zero-order valence-electron chi connectivity index (χ0n) is 17.5. The van der Waals surface area contributed by atoms with E-state index < -0.39 is 0 Å². The van der Waals surface area contributed by atoms with Gasteiger partial charge in [-0.15, -0.1) is 0 Å². The van der Waals surface area contributed by atoms with Gasteiger partial charge in [0.2, 0.25) is 5.91 Å². The van der Waals surface area contributed by atoms with Gasteiger partial charge < -0.3 is 15.0 Å². The number of carbonyl (C=O) groups is 1. The summed E-state index contributed by atoms with van der Waals surface area (Å²) in [5.41, 5.74) is 1.40. The minimum atomic E-state index is -0.356. The van der Waals surface area contributed by atoms with E-state index in [1.165, 1.54) is 6.07 Å². The van der Waals surface area contributed by atoms with Gasteiger partial charge in [0.05, 0.1) is 11.5 Å². The van der Waals surface area contributed by atoms with Crippen LogP contribution >= 0.6 is 0 Å². The minimum Gasteiger partial charge on any atom is -0.457 e. The van der Waals surface area contributed by atoms with Gasteiger partial charge in [0.1, 0.15) is 17.2 Å². The molecular formula is C24H24N4O4. The number of nitro benzene ring substituents is 1. The van der Waals surface area contributed by atoms with Crippen molar-refractivity contribution in [2.75, 3.05) is 42.9 Å². The van der Waals surface area contributed by atoms with E-state index in [1.807, 2.05) is 58.3 Å². The Labute approximate surface area is 186 Å². The summed E-state index contributed by atoms with van der Waals surface area (Å²) < 4.78 is 5.82. The van der Waals surface area contributed by atoms with E-state index in [9.17, 15) is 14.9 Å². The van der Waals surface area contributed by atoms with E-state index in [4.69, 9.17) is 4.74 Å². The summed E-state index contributed by atoms with van der Waals surface area (Å²) in [6.07, 6.45) is 0. The average molecular weight is 432 g/mol. The molecule has 0 aliphatic carbocycles. The van der Waals surface area contributed by atoms with Crippen LogP contribution in [0.3, 0.4) is 0 Å². The number of hydrogen-bond acceptors (Lipinski definition) is 6. The molecule has 32 heavy (non-hydrogen) atoms. The van der Waals surface area contributed by atoms with Crippen molar-refractivity contribution >= 4 is 23.0 Å². The molecule has 0 aromatic heterocycles. The molecule has 1 amide bonds. The quantitative estimate of drug-likeness (QED) is 0.446. The summed E-state index contributed by atoms with van der Waals surface area (Å²) in [5.74, 6) is 1.26. The largest absolute Gasteiger partial charge is 0.457 e. The summed E-state index contributed by atoms with van der Waals surface area (Å²) in [6.45, 7) is 2.80. The van der Waals surface area contributed by atoms with E-state index in [2.05, 4.69) is 5.32 Å². The first kappa shape index (κ1) is 21.3. The second-order valence-electron chi connectivity index (χ2n) is 7.50. The maximum absolute atomic E-state index is 12.5. The zero-order chi connectivity index (χ0) is 22.3. The summed E-state index contributed by atoms with van der Waals surface area (Å²) in [5, 5.41) is 14.2. The monoisotopic (exact) mass is 432 g/mol. The van der Waals surface area contributed by atoms with Crippen molar-refractivity contribution in [2.24, 2.45) is 0 Å². The molecule has 3 aromatic carbocycles. The molecule has 0 atom stereocenters. The molecular weight excluding hydrogens is 408 g/mol. The Bertz CT molecular complexity index is 1080. The predicted octanol–water partition coefficient (Wildman–Crippen LogP) is 4.15. The van der Waals surface area contributed by atoms with Gasteiger partial charge in [-0.25, -0.2) is 0 Å². The maximum atomic E-state index is 12.5. The van der Waals surface area contributed by atoms with Crippen LogP contribution in [-0.2, 0) is 4.79 Å². The van der Waals surface area contributed by atoms with Crippen molar-refractivity contribution in [3.05, 3.63) is 89.0 Å². The van der Waals surface area contributed by atoms with Crippen molar-refractivity contribution < 1.29 is 14.5 Å². The Morgan fingerprint density at radius 2 is 1.59 bits per heavy atom. The maximum Gasteiger partial charge on any atom is 0.292 e. The van der Waals surface area contributed by atoms with Crippen LogP contribution in [0.25, 0.3) is 0 Å². The van der Waals surface area contributed by atoms with Crippen LogP contribution in [0.2, 0.25) is 0 Å². The highest BCUT2D eigenvalue weighted by Crippen LogP contribution is 2.28. The van der Waals surface area contributed by atoms with Gasteiger partial charge in [-0.1, -0.05) is 36.4 Å². The number of piperazine rings is 1. The van der Waals surface area contributed by atoms with Crippen molar-refractivity contribution in [1.29, 1.82) is 0 Å². The Morgan fingerprint density at radius 3 is 2.34 bits per heavy atom. The van der Waals surface area contributed by atoms with Gasteiger partial charge in [-0.05, 0) is 30.3 Å². The van der Waals surface area contributed by atoms with Crippen LogP contribution in [0.15, 0.2) is 78.9 Å². The number of anilines is 2. The third-order valence-electron chi connectivity index (χ3n) is 5.26. The summed E-state index contributed by atoms with van der Waals surface area (Å²) in [7, 11) is 0. The predicted molar refractivity (Wildman–Crippen MR) is 123 cm³/mol. The van der Waals surface area contributed by atoms with Crippen LogP contribution in [0.4, 0.5) is 17.1 Å². The Kier molecular flexibility index (Phi) is 6.62. The number of rotatable bonds is 7. The number of carbonyl (C=O) groups excluding carboxylic acids is 1. The lowest BCUT2D eigenvalue weighted by Gasteiger charge is -2.35.